The normalized spacial score (nSPS) is 10.5. The summed E-state index contributed by atoms with van der Waals surface area (Å²) in [5.74, 6) is 0.527. The Balaban J connectivity index is 1.88. The summed E-state index contributed by atoms with van der Waals surface area (Å²) in [5, 5.41) is 0. The Morgan fingerprint density at radius 1 is 1.25 bits per heavy atom. The topological polar surface area (TPSA) is 44.1 Å². The maximum Gasteiger partial charge on any atom is 0.356 e. The molecule has 2 rings (SSSR count). The zero-order valence-corrected chi connectivity index (χ0v) is 12.0. The zero-order chi connectivity index (χ0) is 14.4. The van der Waals surface area contributed by atoms with Crippen molar-refractivity contribution < 1.29 is 9.53 Å². The number of nitrogens with zero attached hydrogens (tertiary/aromatic N) is 2. The van der Waals surface area contributed by atoms with Crippen LogP contribution in [0.1, 0.15) is 34.7 Å². The van der Waals surface area contributed by atoms with Crippen LogP contribution in [0.15, 0.2) is 36.5 Å². The Morgan fingerprint density at radius 2 is 2.00 bits per heavy atom. The molecule has 0 saturated carbocycles. The predicted octanol–water partition coefficient (Wildman–Crippen LogP) is 3.00. The number of aryl methyl sites for hydroxylation is 2. The lowest BCUT2D eigenvalue weighted by molar-refractivity contribution is 0.0588. The molecule has 4 heteroatoms. The first-order valence-electron chi connectivity index (χ1n) is 6.86. The van der Waals surface area contributed by atoms with Crippen molar-refractivity contribution in [1.29, 1.82) is 0 Å². The van der Waals surface area contributed by atoms with Crippen LogP contribution in [0.5, 0.6) is 0 Å². The Labute approximate surface area is 119 Å². The molecule has 2 aromatic rings. The van der Waals surface area contributed by atoms with Crippen LogP contribution in [0.25, 0.3) is 0 Å². The number of rotatable bonds is 6. The van der Waals surface area contributed by atoms with Gasteiger partial charge in [-0.1, -0.05) is 30.3 Å². The first-order chi connectivity index (χ1) is 9.72. The standard InChI is InChI=1S/C16H20N2O2/c1-13-17-12-15(16(19)20-2)18(13)11-7-6-10-14-8-4-3-5-9-14/h3-5,8-9,12H,6-7,10-11H2,1-2H3. The summed E-state index contributed by atoms with van der Waals surface area (Å²) in [6.07, 6.45) is 4.73. The van der Waals surface area contributed by atoms with Crippen molar-refractivity contribution in [3.63, 3.8) is 0 Å². The molecule has 0 aliphatic rings. The molecule has 0 aliphatic heterocycles. The summed E-state index contributed by atoms with van der Waals surface area (Å²) in [6, 6.07) is 10.4. The van der Waals surface area contributed by atoms with Gasteiger partial charge < -0.3 is 9.30 Å². The molecule has 1 heterocycles. The number of esters is 1. The largest absolute Gasteiger partial charge is 0.464 e. The third-order valence-corrected chi connectivity index (χ3v) is 3.39. The fraction of sp³-hybridized carbons (Fsp3) is 0.375. The Morgan fingerprint density at radius 3 is 2.70 bits per heavy atom. The molecule has 0 amide bonds. The van der Waals surface area contributed by atoms with E-state index >= 15 is 0 Å². The van der Waals surface area contributed by atoms with Gasteiger partial charge in [0, 0.05) is 6.54 Å². The molecule has 1 aromatic heterocycles. The van der Waals surface area contributed by atoms with Crippen LogP contribution >= 0.6 is 0 Å². The molecule has 106 valence electrons. The molecular weight excluding hydrogens is 252 g/mol. The number of imidazole rings is 1. The summed E-state index contributed by atoms with van der Waals surface area (Å²) in [7, 11) is 1.39. The molecule has 4 nitrogen and oxygen atoms in total. The lowest BCUT2D eigenvalue weighted by atomic mass is 10.1. The van der Waals surface area contributed by atoms with E-state index in [0.717, 1.165) is 31.6 Å². The molecule has 0 N–H and O–H groups in total. The molecule has 0 unspecified atom stereocenters. The van der Waals surface area contributed by atoms with Gasteiger partial charge in [0.1, 0.15) is 11.5 Å². The molecule has 0 aliphatic carbocycles. The SMILES string of the molecule is COC(=O)c1cnc(C)n1CCCCc1ccccc1. The van der Waals surface area contributed by atoms with E-state index in [1.807, 2.05) is 17.6 Å². The minimum atomic E-state index is -0.325. The van der Waals surface area contributed by atoms with Gasteiger partial charge in [0.15, 0.2) is 0 Å². The van der Waals surface area contributed by atoms with E-state index in [0.29, 0.717) is 5.69 Å². The molecule has 0 saturated heterocycles. The number of hydrogen-bond donors (Lipinski definition) is 0. The van der Waals surface area contributed by atoms with E-state index < -0.39 is 0 Å². The van der Waals surface area contributed by atoms with Gasteiger partial charge in [-0.15, -0.1) is 0 Å². The van der Waals surface area contributed by atoms with Gasteiger partial charge in [-0.05, 0) is 31.7 Å². The van der Waals surface area contributed by atoms with Crippen LogP contribution in [0.4, 0.5) is 0 Å². The number of ether oxygens (including phenoxy) is 1. The first-order valence-corrected chi connectivity index (χ1v) is 6.86. The number of hydrogen-bond acceptors (Lipinski definition) is 3. The van der Waals surface area contributed by atoms with Crippen LogP contribution in [0.2, 0.25) is 0 Å². The maximum absolute atomic E-state index is 11.6. The van der Waals surface area contributed by atoms with Gasteiger partial charge in [-0.3, -0.25) is 0 Å². The third-order valence-electron chi connectivity index (χ3n) is 3.39. The Bertz CT molecular complexity index is 561. The van der Waals surface area contributed by atoms with Crippen LogP contribution < -0.4 is 0 Å². The van der Waals surface area contributed by atoms with Crippen molar-refractivity contribution in [1.82, 2.24) is 9.55 Å². The second-order valence-electron chi connectivity index (χ2n) is 4.78. The highest BCUT2D eigenvalue weighted by atomic mass is 16.5. The average Bonchev–Trinajstić information content (AvgIpc) is 2.85. The quantitative estimate of drug-likeness (QED) is 0.600. The van der Waals surface area contributed by atoms with Crippen molar-refractivity contribution >= 4 is 5.97 Å². The highest BCUT2D eigenvalue weighted by Crippen LogP contribution is 2.10. The van der Waals surface area contributed by atoms with Crippen molar-refractivity contribution in [2.24, 2.45) is 0 Å². The minimum absolute atomic E-state index is 0.325. The number of unbranched alkanes of at least 4 members (excludes halogenated alkanes) is 1. The molecule has 0 bridgehead atoms. The van der Waals surface area contributed by atoms with E-state index in [9.17, 15) is 4.79 Å². The molecule has 20 heavy (non-hydrogen) atoms. The highest BCUT2D eigenvalue weighted by Gasteiger charge is 2.14. The fourth-order valence-corrected chi connectivity index (χ4v) is 2.26. The van der Waals surface area contributed by atoms with E-state index in [1.54, 1.807) is 6.20 Å². The Kier molecular flexibility index (Phi) is 4.93. The minimum Gasteiger partial charge on any atom is -0.464 e. The second-order valence-corrected chi connectivity index (χ2v) is 4.78. The van der Waals surface area contributed by atoms with Crippen molar-refractivity contribution in [3.8, 4) is 0 Å². The number of carbonyl (C=O) groups is 1. The second kappa shape index (κ2) is 6.89. The van der Waals surface area contributed by atoms with Gasteiger partial charge in [-0.25, -0.2) is 9.78 Å². The molecule has 0 atom stereocenters. The summed E-state index contributed by atoms with van der Waals surface area (Å²) >= 11 is 0. The smallest absolute Gasteiger partial charge is 0.356 e. The fourth-order valence-electron chi connectivity index (χ4n) is 2.26. The van der Waals surface area contributed by atoms with Crippen molar-refractivity contribution in [2.75, 3.05) is 7.11 Å². The highest BCUT2D eigenvalue weighted by molar-refractivity contribution is 5.87. The molecule has 0 radical (unpaired) electrons. The predicted molar refractivity (Wildman–Crippen MR) is 77.7 cm³/mol. The third kappa shape index (κ3) is 3.47. The Hall–Kier alpha value is -2.10. The van der Waals surface area contributed by atoms with Gasteiger partial charge in [0.25, 0.3) is 0 Å². The van der Waals surface area contributed by atoms with Gasteiger partial charge in [0.05, 0.1) is 13.3 Å². The molecule has 0 fully saturated rings. The van der Waals surface area contributed by atoms with E-state index in [1.165, 1.54) is 12.7 Å². The number of aromatic nitrogens is 2. The van der Waals surface area contributed by atoms with Crippen LogP contribution in [0.3, 0.4) is 0 Å². The summed E-state index contributed by atoms with van der Waals surface area (Å²) in [6.45, 7) is 2.70. The van der Waals surface area contributed by atoms with Crippen LogP contribution in [0, 0.1) is 6.92 Å². The molecular formula is C16H20N2O2. The van der Waals surface area contributed by atoms with Gasteiger partial charge in [-0.2, -0.15) is 0 Å². The average molecular weight is 272 g/mol. The zero-order valence-electron chi connectivity index (χ0n) is 12.0. The van der Waals surface area contributed by atoms with E-state index in [4.69, 9.17) is 4.74 Å². The van der Waals surface area contributed by atoms with Crippen LogP contribution in [-0.4, -0.2) is 22.6 Å². The van der Waals surface area contributed by atoms with E-state index in [2.05, 4.69) is 29.2 Å². The lowest BCUT2D eigenvalue weighted by Crippen LogP contribution is -2.12. The summed E-state index contributed by atoms with van der Waals surface area (Å²) in [4.78, 5) is 15.8. The maximum atomic E-state index is 11.6. The van der Waals surface area contributed by atoms with E-state index in [-0.39, 0.29) is 5.97 Å². The number of methoxy groups -OCH3 is 1. The van der Waals surface area contributed by atoms with Crippen LogP contribution in [-0.2, 0) is 17.7 Å². The number of benzene rings is 1. The van der Waals surface area contributed by atoms with Crippen molar-refractivity contribution in [3.05, 3.63) is 53.6 Å². The molecule has 1 aromatic carbocycles. The lowest BCUT2D eigenvalue weighted by Gasteiger charge is -2.09. The van der Waals surface area contributed by atoms with Gasteiger partial charge in [0.2, 0.25) is 0 Å². The molecule has 0 spiro atoms. The summed E-state index contributed by atoms with van der Waals surface area (Å²) < 4.78 is 6.69. The first kappa shape index (κ1) is 14.3. The monoisotopic (exact) mass is 272 g/mol. The summed E-state index contributed by atoms with van der Waals surface area (Å²) in [5.41, 5.74) is 1.88. The number of carbonyl (C=O) groups excluding carboxylic acids is 1. The van der Waals surface area contributed by atoms with Crippen molar-refractivity contribution in [2.45, 2.75) is 32.7 Å². The van der Waals surface area contributed by atoms with Gasteiger partial charge >= 0.3 is 5.97 Å².